The molecule has 1 aliphatic heterocycles. The van der Waals surface area contributed by atoms with Crippen LogP contribution in [0.15, 0.2) is 74.2 Å². The first-order valence-corrected chi connectivity index (χ1v) is 11.8. The molecule has 0 aromatic heterocycles. The van der Waals surface area contributed by atoms with Gasteiger partial charge >= 0.3 is 0 Å². The molecular weight excluding hydrogens is 536 g/mol. The van der Waals surface area contributed by atoms with Gasteiger partial charge in [-0.05, 0) is 56.7 Å². The summed E-state index contributed by atoms with van der Waals surface area (Å²) < 4.78 is 13.5. The maximum Gasteiger partial charge on any atom is 0.205 e. The number of halogens is 2. The molecule has 0 spiro atoms. The van der Waals surface area contributed by atoms with E-state index in [-0.39, 0.29) is 22.7 Å². The molecule has 1 atom stereocenters. The van der Waals surface area contributed by atoms with E-state index in [9.17, 15) is 10.1 Å². The molecule has 0 fully saturated rings. The van der Waals surface area contributed by atoms with Crippen molar-refractivity contribution >= 4 is 37.6 Å². The molecule has 1 unspecified atom stereocenters. The van der Waals surface area contributed by atoms with Crippen molar-refractivity contribution in [1.29, 1.82) is 5.26 Å². The smallest absolute Gasteiger partial charge is 0.205 e. The minimum Gasteiger partial charge on any atom is -0.488 e. The molecule has 5 nitrogen and oxygen atoms in total. The van der Waals surface area contributed by atoms with Crippen LogP contribution in [0.3, 0.4) is 0 Å². The van der Waals surface area contributed by atoms with Crippen molar-refractivity contribution < 1.29 is 14.3 Å². The number of nitrogens with zero attached hydrogens (tertiary/aromatic N) is 1. The first kappa shape index (κ1) is 22.6. The SMILES string of the molecule is CC1(C)CC(=O)C2=C(C1)OC(N)=C(C#N)C2c1ccc(OCc2ccc(Br)cc2)c(Br)c1. The van der Waals surface area contributed by atoms with E-state index in [0.29, 0.717) is 36.5 Å². The highest BCUT2D eigenvalue weighted by Gasteiger charge is 2.43. The summed E-state index contributed by atoms with van der Waals surface area (Å²) in [5.41, 5.74) is 8.51. The van der Waals surface area contributed by atoms with E-state index in [1.165, 1.54) is 0 Å². The van der Waals surface area contributed by atoms with E-state index in [1.807, 2.05) is 56.3 Å². The molecule has 2 N–H and O–H groups in total. The van der Waals surface area contributed by atoms with Gasteiger partial charge in [-0.15, -0.1) is 0 Å². The van der Waals surface area contributed by atoms with Crippen LogP contribution >= 0.6 is 31.9 Å². The fourth-order valence-corrected chi connectivity index (χ4v) is 4.95. The van der Waals surface area contributed by atoms with Gasteiger partial charge in [-0.1, -0.05) is 48.0 Å². The number of Topliss-reactive ketones (excluding diaryl/α,β-unsaturated/α-hetero) is 1. The largest absolute Gasteiger partial charge is 0.488 e. The molecular formula is C25H22Br2N2O3. The van der Waals surface area contributed by atoms with E-state index in [0.717, 1.165) is 20.1 Å². The average Bonchev–Trinajstić information content (AvgIpc) is 2.72. The summed E-state index contributed by atoms with van der Waals surface area (Å²) in [7, 11) is 0. The third-order valence-electron chi connectivity index (χ3n) is 5.67. The zero-order valence-corrected chi connectivity index (χ0v) is 20.9. The highest BCUT2D eigenvalue weighted by Crippen LogP contribution is 2.48. The molecule has 32 heavy (non-hydrogen) atoms. The summed E-state index contributed by atoms with van der Waals surface area (Å²) in [6, 6.07) is 15.7. The molecule has 2 aromatic carbocycles. The normalized spacial score (nSPS) is 19.8. The molecule has 1 aliphatic carbocycles. The van der Waals surface area contributed by atoms with Crippen LogP contribution in [-0.4, -0.2) is 5.78 Å². The second-order valence-corrected chi connectivity index (χ2v) is 10.6. The highest BCUT2D eigenvalue weighted by atomic mass is 79.9. The predicted molar refractivity (Wildman–Crippen MR) is 128 cm³/mol. The van der Waals surface area contributed by atoms with Crippen LogP contribution in [-0.2, 0) is 16.1 Å². The Hall–Kier alpha value is -2.56. The zero-order valence-electron chi connectivity index (χ0n) is 17.7. The minimum absolute atomic E-state index is 0.00631. The predicted octanol–water partition coefficient (Wildman–Crippen LogP) is 6.24. The van der Waals surface area contributed by atoms with E-state index >= 15 is 0 Å². The summed E-state index contributed by atoms with van der Waals surface area (Å²) in [6.45, 7) is 4.48. The van der Waals surface area contributed by atoms with Gasteiger partial charge in [-0.25, -0.2) is 0 Å². The first-order chi connectivity index (χ1) is 15.2. The third-order valence-corrected chi connectivity index (χ3v) is 6.82. The Labute approximate surface area is 204 Å². The number of nitriles is 1. The number of nitrogens with two attached hydrogens (primary N) is 1. The maximum absolute atomic E-state index is 13.1. The molecule has 0 bridgehead atoms. The molecule has 0 radical (unpaired) electrons. The van der Waals surface area contributed by atoms with Gasteiger partial charge in [0.1, 0.15) is 29.8 Å². The number of ketones is 1. The molecule has 4 rings (SSSR count). The summed E-state index contributed by atoms with van der Waals surface area (Å²) in [5, 5.41) is 9.78. The lowest BCUT2D eigenvalue weighted by Gasteiger charge is -2.37. The van der Waals surface area contributed by atoms with Crippen LogP contribution in [0.4, 0.5) is 0 Å². The Balaban J connectivity index is 1.66. The summed E-state index contributed by atoms with van der Waals surface area (Å²) in [5.74, 6) is 0.745. The quantitative estimate of drug-likeness (QED) is 0.481. The lowest BCUT2D eigenvalue weighted by Crippen LogP contribution is -2.33. The van der Waals surface area contributed by atoms with E-state index in [4.69, 9.17) is 15.2 Å². The number of rotatable bonds is 4. The van der Waals surface area contributed by atoms with Gasteiger partial charge in [-0.3, -0.25) is 4.79 Å². The van der Waals surface area contributed by atoms with Crippen molar-refractivity contribution in [1.82, 2.24) is 0 Å². The number of benzene rings is 2. The number of carbonyl (C=O) groups is 1. The van der Waals surface area contributed by atoms with Crippen molar-refractivity contribution in [3.63, 3.8) is 0 Å². The average molecular weight is 558 g/mol. The molecule has 7 heteroatoms. The Bertz CT molecular complexity index is 1190. The van der Waals surface area contributed by atoms with E-state index < -0.39 is 5.92 Å². The van der Waals surface area contributed by atoms with Gasteiger partial charge in [0.15, 0.2) is 5.78 Å². The summed E-state index contributed by atoms with van der Waals surface area (Å²) >= 11 is 7.01. The van der Waals surface area contributed by atoms with Crippen LogP contribution in [0.1, 0.15) is 43.7 Å². The number of carbonyl (C=O) groups excluding carboxylic acids is 1. The fourth-order valence-electron chi connectivity index (χ4n) is 4.17. The monoisotopic (exact) mass is 556 g/mol. The Morgan fingerprint density at radius 1 is 1.19 bits per heavy atom. The lowest BCUT2D eigenvalue weighted by molar-refractivity contribution is -0.119. The molecule has 1 heterocycles. The standard InChI is InChI=1S/C25H22Br2N2O3/c1-25(2)10-19(30)23-21(11-25)32-24(29)17(12-28)22(23)15-5-8-20(18(27)9-15)31-13-14-3-6-16(26)7-4-14/h3-9,22H,10-11,13,29H2,1-2H3. The van der Waals surface area contributed by atoms with Crippen molar-refractivity contribution in [3.8, 4) is 11.8 Å². The van der Waals surface area contributed by atoms with E-state index in [2.05, 4.69) is 37.9 Å². The van der Waals surface area contributed by atoms with Crippen molar-refractivity contribution in [2.45, 2.75) is 39.2 Å². The van der Waals surface area contributed by atoms with Gasteiger partial charge < -0.3 is 15.2 Å². The Morgan fingerprint density at radius 3 is 2.56 bits per heavy atom. The van der Waals surface area contributed by atoms with Crippen LogP contribution < -0.4 is 10.5 Å². The molecule has 2 aliphatic rings. The molecule has 0 amide bonds. The number of allylic oxidation sites excluding steroid dienone is 3. The van der Waals surface area contributed by atoms with Gasteiger partial charge in [-0.2, -0.15) is 5.26 Å². The van der Waals surface area contributed by atoms with Crippen LogP contribution in [0.25, 0.3) is 0 Å². The van der Waals surface area contributed by atoms with Crippen LogP contribution in [0.2, 0.25) is 0 Å². The number of ether oxygens (including phenoxy) is 2. The first-order valence-electron chi connectivity index (χ1n) is 10.2. The van der Waals surface area contributed by atoms with Crippen molar-refractivity contribution in [2.24, 2.45) is 11.1 Å². The van der Waals surface area contributed by atoms with E-state index in [1.54, 1.807) is 0 Å². The maximum atomic E-state index is 13.1. The summed E-state index contributed by atoms with van der Waals surface area (Å²) in [4.78, 5) is 13.1. The van der Waals surface area contributed by atoms with Gasteiger partial charge in [0.05, 0.1) is 10.4 Å². The van der Waals surface area contributed by atoms with Crippen LogP contribution in [0.5, 0.6) is 5.75 Å². The molecule has 0 saturated heterocycles. The fraction of sp³-hybridized carbons (Fsp3) is 0.280. The van der Waals surface area contributed by atoms with Gasteiger partial charge in [0.2, 0.25) is 5.88 Å². The van der Waals surface area contributed by atoms with Crippen molar-refractivity contribution in [3.05, 3.63) is 85.3 Å². The van der Waals surface area contributed by atoms with Gasteiger partial charge in [0.25, 0.3) is 0 Å². The molecule has 0 saturated carbocycles. The second kappa shape index (κ2) is 8.76. The Kier molecular flexibility index (Phi) is 6.19. The lowest BCUT2D eigenvalue weighted by atomic mass is 9.70. The molecule has 164 valence electrons. The highest BCUT2D eigenvalue weighted by molar-refractivity contribution is 9.10. The second-order valence-electron chi connectivity index (χ2n) is 8.81. The number of hydrogen-bond donors (Lipinski definition) is 1. The van der Waals surface area contributed by atoms with Gasteiger partial charge in [0, 0.05) is 22.9 Å². The third kappa shape index (κ3) is 4.48. The number of hydrogen-bond acceptors (Lipinski definition) is 5. The molecule has 2 aromatic rings. The van der Waals surface area contributed by atoms with Crippen molar-refractivity contribution in [2.75, 3.05) is 0 Å². The Morgan fingerprint density at radius 2 is 1.91 bits per heavy atom. The summed E-state index contributed by atoms with van der Waals surface area (Å²) in [6.07, 6.45) is 0.999. The van der Waals surface area contributed by atoms with Crippen LogP contribution in [0, 0.1) is 16.7 Å². The minimum atomic E-state index is -0.552. The zero-order chi connectivity index (χ0) is 23.0. The topological polar surface area (TPSA) is 85.3 Å².